The molecule has 0 radical (unpaired) electrons. The summed E-state index contributed by atoms with van der Waals surface area (Å²) in [5, 5.41) is 0. The highest BCUT2D eigenvalue weighted by atomic mass is 16.2. The van der Waals surface area contributed by atoms with Crippen LogP contribution in [0.2, 0.25) is 0 Å². The second-order valence-electron chi connectivity index (χ2n) is 8.46. The van der Waals surface area contributed by atoms with E-state index >= 15 is 0 Å². The lowest BCUT2D eigenvalue weighted by Crippen LogP contribution is -2.34. The number of rotatable bonds is 3. The number of para-hydroxylation sites is 1. The number of nitrogens with zero attached hydrogens (tertiary/aromatic N) is 1. The molecule has 4 atom stereocenters. The standard InChI is InChI=1S/C27H25NO2/c1-18-10-8-9-15-23(18)28-26(29)24-21(19-11-4-2-5-12-19)16-17-22(25(24)27(28)30)20-13-6-3-7-14-20/h2-15,21-22,24-25H,16-17H2,1H3/t21-,22+,24-,25-/m1/s1. The average molecular weight is 396 g/mol. The van der Waals surface area contributed by atoms with Crippen molar-refractivity contribution >= 4 is 17.5 Å². The minimum atomic E-state index is -0.321. The summed E-state index contributed by atoms with van der Waals surface area (Å²) in [5.74, 6) is -0.595. The Hall–Kier alpha value is -3.20. The summed E-state index contributed by atoms with van der Waals surface area (Å²) in [5.41, 5.74) is 3.99. The van der Waals surface area contributed by atoms with Crippen LogP contribution < -0.4 is 4.90 Å². The lowest BCUT2D eigenvalue weighted by molar-refractivity contribution is -0.122. The monoisotopic (exact) mass is 395 g/mol. The number of carbonyl (C=O) groups excluding carboxylic acids is 2. The molecule has 1 saturated carbocycles. The topological polar surface area (TPSA) is 37.4 Å². The molecule has 0 unspecified atom stereocenters. The second kappa shape index (κ2) is 7.56. The van der Waals surface area contributed by atoms with Crippen LogP contribution in [0.25, 0.3) is 0 Å². The molecule has 5 rings (SSSR count). The number of hydrogen-bond acceptors (Lipinski definition) is 2. The predicted molar refractivity (Wildman–Crippen MR) is 118 cm³/mol. The zero-order valence-electron chi connectivity index (χ0n) is 17.1. The molecule has 3 aromatic carbocycles. The molecule has 3 nitrogen and oxygen atoms in total. The Balaban J connectivity index is 1.62. The van der Waals surface area contributed by atoms with Gasteiger partial charge >= 0.3 is 0 Å². The lowest BCUT2D eigenvalue weighted by Gasteiger charge is -2.37. The highest BCUT2D eigenvalue weighted by molar-refractivity contribution is 6.23. The number of fused-ring (bicyclic) bond motifs is 1. The Morgan fingerprint density at radius 2 is 1.07 bits per heavy atom. The molecule has 0 bridgehead atoms. The fourth-order valence-electron chi connectivity index (χ4n) is 5.48. The number of benzene rings is 3. The highest BCUT2D eigenvalue weighted by Crippen LogP contribution is 2.53. The molecule has 0 N–H and O–H groups in total. The molecule has 0 spiro atoms. The molecule has 1 saturated heterocycles. The van der Waals surface area contributed by atoms with Gasteiger partial charge in [-0.3, -0.25) is 9.59 Å². The summed E-state index contributed by atoms with van der Waals surface area (Å²) in [6.07, 6.45) is 1.82. The van der Waals surface area contributed by atoms with Gasteiger partial charge in [0, 0.05) is 0 Å². The number of amides is 2. The zero-order chi connectivity index (χ0) is 20.7. The van der Waals surface area contributed by atoms with E-state index in [1.54, 1.807) is 0 Å². The van der Waals surface area contributed by atoms with Crippen LogP contribution in [0.1, 0.15) is 41.4 Å². The minimum Gasteiger partial charge on any atom is -0.274 e. The van der Waals surface area contributed by atoms with Crippen molar-refractivity contribution in [1.82, 2.24) is 0 Å². The summed E-state index contributed by atoms with van der Waals surface area (Å²) in [4.78, 5) is 29.0. The average Bonchev–Trinajstić information content (AvgIpc) is 3.06. The van der Waals surface area contributed by atoms with E-state index in [1.165, 1.54) is 4.90 Å². The molecule has 30 heavy (non-hydrogen) atoms. The van der Waals surface area contributed by atoms with Gasteiger partial charge in [0.05, 0.1) is 17.5 Å². The van der Waals surface area contributed by atoms with Crippen molar-refractivity contribution in [2.45, 2.75) is 31.6 Å². The normalized spacial score (nSPS) is 26.0. The van der Waals surface area contributed by atoms with E-state index in [0.717, 1.165) is 35.2 Å². The van der Waals surface area contributed by atoms with Crippen molar-refractivity contribution < 1.29 is 9.59 Å². The molecule has 1 aliphatic carbocycles. The van der Waals surface area contributed by atoms with Crippen LogP contribution in [0, 0.1) is 18.8 Å². The van der Waals surface area contributed by atoms with Crippen molar-refractivity contribution in [3.63, 3.8) is 0 Å². The molecule has 3 aromatic rings. The van der Waals surface area contributed by atoms with E-state index in [4.69, 9.17) is 0 Å². The molecular formula is C27H25NO2. The van der Waals surface area contributed by atoms with Crippen molar-refractivity contribution in [3.05, 3.63) is 102 Å². The van der Waals surface area contributed by atoms with Gasteiger partial charge in [-0.05, 0) is 54.4 Å². The van der Waals surface area contributed by atoms with Gasteiger partial charge in [0.15, 0.2) is 0 Å². The van der Waals surface area contributed by atoms with Crippen LogP contribution in [0.4, 0.5) is 5.69 Å². The molecule has 3 heteroatoms. The SMILES string of the molecule is Cc1ccccc1N1C(=O)[C@H]2[C@H](C1=O)[C@H](c1ccccc1)CC[C@@H]2c1ccccc1. The number of anilines is 1. The van der Waals surface area contributed by atoms with Gasteiger partial charge in [0.2, 0.25) is 11.8 Å². The van der Waals surface area contributed by atoms with Crippen LogP contribution in [0.3, 0.4) is 0 Å². The van der Waals surface area contributed by atoms with Crippen molar-refractivity contribution in [1.29, 1.82) is 0 Å². The van der Waals surface area contributed by atoms with Crippen molar-refractivity contribution in [2.24, 2.45) is 11.8 Å². The van der Waals surface area contributed by atoms with E-state index in [9.17, 15) is 9.59 Å². The first-order valence-electron chi connectivity index (χ1n) is 10.7. The quantitative estimate of drug-likeness (QED) is 0.552. The summed E-state index contributed by atoms with van der Waals surface area (Å²) in [7, 11) is 0. The number of hydrogen-bond donors (Lipinski definition) is 0. The van der Waals surface area contributed by atoms with Crippen molar-refractivity contribution in [3.8, 4) is 0 Å². The third-order valence-electron chi connectivity index (χ3n) is 6.87. The van der Waals surface area contributed by atoms with Gasteiger partial charge in [-0.2, -0.15) is 0 Å². The Labute approximate surface area is 177 Å². The third kappa shape index (κ3) is 2.97. The Morgan fingerprint density at radius 3 is 1.53 bits per heavy atom. The maximum atomic E-state index is 13.8. The largest absolute Gasteiger partial charge is 0.274 e. The fourth-order valence-corrected chi connectivity index (χ4v) is 5.48. The van der Waals surface area contributed by atoms with Gasteiger partial charge in [-0.25, -0.2) is 4.90 Å². The maximum Gasteiger partial charge on any atom is 0.238 e. The van der Waals surface area contributed by atoms with Crippen LogP contribution in [0.5, 0.6) is 0 Å². The first kappa shape index (κ1) is 18.8. The molecular weight excluding hydrogens is 370 g/mol. The maximum absolute atomic E-state index is 13.8. The highest BCUT2D eigenvalue weighted by Gasteiger charge is 2.56. The first-order chi connectivity index (χ1) is 14.7. The van der Waals surface area contributed by atoms with E-state index in [2.05, 4.69) is 24.3 Å². The van der Waals surface area contributed by atoms with Gasteiger partial charge < -0.3 is 0 Å². The summed E-state index contributed by atoms with van der Waals surface area (Å²) >= 11 is 0. The Morgan fingerprint density at radius 1 is 0.633 bits per heavy atom. The molecule has 150 valence electrons. The third-order valence-corrected chi connectivity index (χ3v) is 6.87. The van der Waals surface area contributed by atoms with Gasteiger partial charge in [0.25, 0.3) is 0 Å². The minimum absolute atomic E-state index is 0.0474. The number of aryl methyl sites for hydroxylation is 1. The van der Waals surface area contributed by atoms with E-state index in [1.807, 2.05) is 67.6 Å². The smallest absolute Gasteiger partial charge is 0.238 e. The molecule has 2 aliphatic rings. The molecule has 1 aliphatic heterocycles. The summed E-state index contributed by atoms with van der Waals surface area (Å²) in [6, 6.07) is 28.2. The van der Waals surface area contributed by atoms with Crippen LogP contribution in [0.15, 0.2) is 84.9 Å². The van der Waals surface area contributed by atoms with Crippen LogP contribution in [-0.2, 0) is 9.59 Å². The number of carbonyl (C=O) groups is 2. The van der Waals surface area contributed by atoms with Crippen molar-refractivity contribution in [2.75, 3.05) is 4.90 Å². The Bertz CT molecular complexity index is 1010. The molecule has 2 fully saturated rings. The van der Waals surface area contributed by atoms with Gasteiger partial charge in [-0.15, -0.1) is 0 Å². The first-order valence-corrected chi connectivity index (χ1v) is 10.7. The van der Waals surface area contributed by atoms with E-state index in [-0.39, 0.29) is 35.5 Å². The van der Waals surface area contributed by atoms with E-state index < -0.39 is 0 Å². The fraction of sp³-hybridized carbons (Fsp3) is 0.259. The number of imide groups is 1. The molecule has 0 aromatic heterocycles. The van der Waals surface area contributed by atoms with Gasteiger partial charge in [-0.1, -0.05) is 78.9 Å². The lowest BCUT2D eigenvalue weighted by atomic mass is 9.64. The molecule has 1 heterocycles. The predicted octanol–water partition coefficient (Wildman–Crippen LogP) is 5.46. The van der Waals surface area contributed by atoms with Gasteiger partial charge in [0.1, 0.15) is 0 Å². The zero-order valence-corrected chi connectivity index (χ0v) is 17.1. The van der Waals surface area contributed by atoms with E-state index in [0.29, 0.717) is 0 Å². The second-order valence-corrected chi connectivity index (χ2v) is 8.46. The summed E-state index contributed by atoms with van der Waals surface area (Å²) < 4.78 is 0. The van der Waals surface area contributed by atoms with Crippen LogP contribution >= 0.6 is 0 Å². The molecule has 2 amide bonds. The Kier molecular flexibility index (Phi) is 4.74. The summed E-state index contributed by atoms with van der Waals surface area (Å²) in [6.45, 7) is 1.96. The van der Waals surface area contributed by atoms with Crippen LogP contribution in [-0.4, -0.2) is 11.8 Å².